The summed E-state index contributed by atoms with van der Waals surface area (Å²) in [6, 6.07) is 9.68. The third-order valence-electron chi connectivity index (χ3n) is 5.00. The number of carbonyl (C=O) groups excluding carboxylic acids is 2. The Morgan fingerprint density at radius 3 is 2.50 bits per heavy atom. The van der Waals surface area contributed by atoms with Crippen LogP contribution in [-0.4, -0.2) is 45.4 Å². The number of rotatable bonds is 5. The largest absolute Gasteiger partial charge is 0.347 e. The first kappa shape index (κ1) is 22.2. The maximum Gasteiger partial charge on any atom is 0.264 e. The molecule has 0 spiro atoms. The molecule has 0 aliphatic carbocycles. The van der Waals surface area contributed by atoms with E-state index < -0.39 is 5.54 Å². The van der Waals surface area contributed by atoms with Crippen molar-refractivity contribution in [2.45, 2.75) is 45.8 Å². The normalized spacial score (nSPS) is 13.7. The number of thioether (sulfide) groups is 1. The minimum Gasteiger partial charge on any atom is -0.347 e. The Morgan fingerprint density at radius 1 is 1.17 bits per heavy atom. The predicted octanol–water partition coefficient (Wildman–Crippen LogP) is 2.67. The highest BCUT2D eigenvalue weighted by molar-refractivity contribution is 7.99. The zero-order valence-electron chi connectivity index (χ0n) is 18.0. The number of nitrogens with one attached hydrogen (secondary N) is 1. The van der Waals surface area contributed by atoms with Gasteiger partial charge >= 0.3 is 0 Å². The lowest BCUT2D eigenvalue weighted by Gasteiger charge is -2.31. The number of benzene rings is 1. The van der Waals surface area contributed by atoms with Gasteiger partial charge in [0.05, 0.1) is 12.3 Å². The van der Waals surface area contributed by atoms with Gasteiger partial charge in [-0.1, -0.05) is 30.3 Å². The van der Waals surface area contributed by atoms with Crippen LogP contribution in [0.15, 0.2) is 41.3 Å². The summed E-state index contributed by atoms with van der Waals surface area (Å²) < 4.78 is 1.59. The molecule has 3 rings (SSSR count). The highest BCUT2D eigenvalue weighted by Crippen LogP contribution is 2.22. The summed E-state index contributed by atoms with van der Waals surface area (Å²) in [5, 5.41) is 2.94. The van der Waals surface area contributed by atoms with Gasteiger partial charge in [-0.25, -0.2) is 0 Å². The molecule has 0 fully saturated rings. The van der Waals surface area contributed by atoms with Crippen molar-refractivity contribution in [3.05, 3.63) is 69.1 Å². The fourth-order valence-electron chi connectivity index (χ4n) is 3.67. The molecule has 2 aromatic rings. The van der Waals surface area contributed by atoms with Crippen LogP contribution in [0.5, 0.6) is 0 Å². The van der Waals surface area contributed by atoms with E-state index in [1.54, 1.807) is 4.57 Å². The van der Waals surface area contributed by atoms with Gasteiger partial charge in [0.15, 0.2) is 0 Å². The van der Waals surface area contributed by atoms with E-state index in [9.17, 15) is 14.4 Å². The number of carbonyl (C=O) groups is 2. The van der Waals surface area contributed by atoms with Gasteiger partial charge < -0.3 is 14.8 Å². The molecule has 0 saturated carbocycles. The molecule has 7 heteroatoms. The molecule has 2 amide bonds. The molecule has 0 bridgehead atoms. The van der Waals surface area contributed by atoms with E-state index in [0.29, 0.717) is 31.8 Å². The molecule has 2 heterocycles. The fourth-order valence-corrected chi connectivity index (χ4v) is 4.10. The summed E-state index contributed by atoms with van der Waals surface area (Å²) in [4.78, 5) is 40.6. The summed E-state index contributed by atoms with van der Waals surface area (Å²) in [5.41, 5.74) is 2.07. The number of fused-ring (bicyclic) bond motifs is 1. The zero-order valence-corrected chi connectivity index (χ0v) is 18.8. The van der Waals surface area contributed by atoms with Crippen LogP contribution in [0.4, 0.5) is 0 Å². The van der Waals surface area contributed by atoms with Gasteiger partial charge in [0.2, 0.25) is 5.91 Å². The topological polar surface area (TPSA) is 71.4 Å². The van der Waals surface area contributed by atoms with Crippen LogP contribution in [0.1, 0.15) is 47.8 Å². The highest BCUT2D eigenvalue weighted by atomic mass is 32.2. The van der Waals surface area contributed by atoms with Crippen LogP contribution in [-0.2, 0) is 24.3 Å². The Hall–Kier alpha value is -2.54. The van der Waals surface area contributed by atoms with Gasteiger partial charge in [-0.05, 0) is 50.1 Å². The van der Waals surface area contributed by atoms with E-state index in [4.69, 9.17) is 0 Å². The van der Waals surface area contributed by atoms with Crippen LogP contribution in [0, 0.1) is 0 Å². The van der Waals surface area contributed by atoms with E-state index in [2.05, 4.69) is 5.32 Å². The molecule has 0 atom stereocenters. The van der Waals surface area contributed by atoms with Gasteiger partial charge in [0.1, 0.15) is 5.56 Å². The SMILES string of the molecule is CSCC(=O)N1CCc2c(cn(Cc3ccccc3)c(=O)c2C(=O)NC(C)(C)C)C1. The lowest BCUT2D eigenvalue weighted by molar-refractivity contribution is -0.129. The molecule has 6 nitrogen and oxygen atoms in total. The van der Waals surface area contributed by atoms with Crippen molar-refractivity contribution in [1.29, 1.82) is 0 Å². The molecule has 0 saturated heterocycles. The molecule has 160 valence electrons. The van der Waals surface area contributed by atoms with Gasteiger partial charge in [0, 0.05) is 24.8 Å². The summed E-state index contributed by atoms with van der Waals surface area (Å²) >= 11 is 1.50. The standard InChI is InChI=1S/C23H29N3O3S/c1-23(2,3)24-21(28)20-18-10-11-25(19(27)15-30-4)13-17(18)14-26(22(20)29)12-16-8-6-5-7-9-16/h5-9,14H,10-13,15H2,1-4H3,(H,24,28). The van der Waals surface area contributed by atoms with Crippen molar-refractivity contribution in [2.75, 3.05) is 18.6 Å². The van der Waals surface area contributed by atoms with Crippen molar-refractivity contribution < 1.29 is 9.59 Å². The summed E-state index contributed by atoms with van der Waals surface area (Å²) in [7, 11) is 0. The van der Waals surface area contributed by atoms with Crippen molar-refractivity contribution in [3.8, 4) is 0 Å². The second kappa shape index (κ2) is 9.08. The van der Waals surface area contributed by atoms with Crippen molar-refractivity contribution in [2.24, 2.45) is 0 Å². The van der Waals surface area contributed by atoms with Crippen LogP contribution in [0.3, 0.4) is 0 Å². The average Bonchev–Trinajstić information content (AvgIpc) is 2.68. The van der Waals surface area contributed by atoms with E-state index >= 15 is 0 Å². The van der Waals surface area contributed by atoms with E-state index in [0.717, 1.165) is 16.7 Å². The Balaban J connectivity index is 2.05. The maximum atomic E-state index is 13.3. The molecule has 0 radical (unpaired) electrons. The van der Waals surface area contributed by atoms with Gasteiger partial charge in [-0.2, -0.15) is 11.8 Å². The second-order valence-corrected chi connectivity index (χ2v) is 9.49. The minimum absolute atomic E-state index is 0.0784. The average molecular weight is 428 g/mol. The highest BCUT2D eigenvalue weighted by Gasteiger charge is 2.29. The lowest BCUT2D eigenvalue weighted by atomic mass is 9.95. The number of aromatic nitrogens is 1. The van der Waals surface area contributed by atoms with E-state index in [1.165, 1.54) is 11.8 Å². The number of hydrogen-bond donors (Lipinski definition) is 1. The fraction of sp³-hybridized carbons (Fsp3) is 0.435. The van der Waals surface area contributed by atoms with Crippen LogP contribution in [0.2, 0.25) is 0 Å². The summed E-state index contributed by atoms with van der Waals surface area (Å²) in [5.74, 6) is 0.154. The molecule has 0 unspecified atom stereocenters. The molecule has 1 aliphatic rings. The molecule has 1 aromatic heterocycles. The third kappa shape index (κ3) is 5.14. The zero-order chi connectivity index (χ0) is 21.9. The lowest BCUT2D eigenvalue weighted by Crippen LogP contribution is -2.46. The molecule has 1 aromatic carbocycles. The Kier molecular flexibility index (Phi) is 6.71. The number of amides is 2. The van der Waals surface area contributed by atoms with Crippen molar-refractivity contribution in [1.82, 2.24) is 14.8 Å². The van der Waals surface area contributed by atoms with E-state index in [1.807, 2.05) is 68.5 Å². The Morgan fingerprint density at radius 2 is 1.87 bits per heavy atom. The molecule has 1 N–H and O–H groups in total. The molecule has 1 aliphatic heterocycles. The minimum atomic E-state index is -0.453. The van der Waals surface area contributed by atoms with E-state index in [-0.39, 0.29) is 22.9 Å². The Labute approximate surface area is 181 Å². The molecular formula is C23H29N3O3S. The van der Waals surface area contributed by atoms with Crippen LogP contribution in [0.25, 0.3) is 0 Å². The van der Waals surface area contributed by atoms with Crippen molar-refractivity contribution in [3.63, 3.8) is 0 Å². The second-order valence-electron chi connectivity index (χ2n) is 8.63. The molecular weight excluding hydrogens is 398 g/mol. The summed E-state index contributed by atoms with van der Waals surface area (Å²) in [6.07, 6.45) is 4.23. The van der Waals surface area contributed by atoms with Gasteiger partial charge in [-0.15, -0.1) is 0 Å². The maximum absolute atomic E-state index is 13.3. The summed E-state index contributed by atoms with van der Waals surface area (Å²) in [6.45, 7) is 6.99. The first-order valence-corrected chi connectivity index (χ1v) is 11.5. The number of pyridine rings is 1. The number of hydrogen-bond acceptors (Lipinski definition) is 4. The monoisotopic (exact) mass is 427 g/mol. The Bertz CT molecular complexity index is 993. The third-order valence-corrected chi connectivity index (χ3v) is 5.54. The quantitative estimate of drug-likeness (QED) is 0.796. The van der Waals surface area contributed by atoms with Gasteiger partial charge in [-0.3, -0.25) is 14.4 Å². The van der Waals surface area contributed by atoms with Crippen LogP contribution >= 0.6 is 11.8 Å². The van der Waals surface area contributed by atoms with Gasteiger partial charge in [0.25, 0.3) is 11.5 Å². The smallest absolute Gasteiger partial charge is 0.264 e. The molecule has 30 heavy (non-hydrogen) atoms. The predicted molar refractivity (Wildman–Crippen MR) is 121 cm³/mol. The van der Waals surface area contributed by atoms with Crippen LogP contribution < -0.4 is 10.9 Å². The number of nitrogens with zero attached hydrogens (tertiary/aromatic N) is 2. The van der Waals surface area contributed by atoms with Crippen molar-refractivity contribution >= 4 is 23.6 Å². The first-order chi connectivity index (χ1) is 14.2. The first-order valence-electron chi connectivity index (χ1n) is 10.1.